The molecule has 0 aliphatic carbocycles. The molecule has 0 radical (unpaired) electrons. The average Bonchev–Trinajstić information content (AvgIpc) is 2.62. The van der Waals surface area contributed by atoms with E-state index in [0.717, 1.165) is 0 Å². The molecule has 148 valence electrons. The van der Waals surface area contributed by atoms with Crippen molar-refractivity contribution in [3.8, 4) is 5.75 Å². The van der Waals surface area contributed by atoms with E-state index < -0.39 is 15.6 Å². The number of benzene rings is 2. The highest BCUT2D eigenvalue weighted by Gasteiger charge is 2.20. The number of halogens is 1. The molecule has 0 unspecified atom stereocenters. The summed E-state index contributed by atoms with van der Waals surface area (Å²) in [6.07, 6.45) is 0. The van der Waals surface area contributed by atoms with Crippen LogP contribution in [0.15, 0.2) is 53.4 Å². The molecule has 7 nitrogen and oxygen atoms in total. The third kappa shape index (κ3) is 6.13. The molecule has 9 heteroatoms. The highest BCUT2D eigenvalue weighted by Crippen LogP contribution is 2.19. The summed E-state index contributed by atoms with van der Waals surface area (Å²) in [5.41, 5.74) is 5.82. The lowest BCUT2D eigenvalue weighted by molar-refractivity contribution is 0.0915. The van der Waals surface area contributed by atoms with Gasteiger partial charge in [0.05, 0.1) is 12.0 Å². The maximum Gasteiger partial charge on any atom is 0.261 e. The normalized spacial score (nSPS) is 11.3. The van der Waals surface area contributed by atoms with Crippen LogP contribution >= 0.6 is 12.4 Å². The predicted octanol–water partition coefficient (Wildman–Crippen LogP) is 2.38. The number of methoxy groups -OCH3 is 1. The topological polar surface area (TPSA) is 111 Å². The highest BCUT2D eigenvalue weighted by atomic mass is 35.5. The Balaban J connectivity index is 0.00000364. The van der Waals surface area contributed by atoms with Crippen molar-refractivity contribution in [2.75, 3.05) is 18.4 Å². The van der Waals surface area contributed by atoms with Crippen LogP contribution in [0.3, 0.4) is 0 Å². The van der Waals surface area contributed by atoms with Gasteiger partial charge >= 0.3 is 0 Å². The number of carbonyl (C=O) groups excluding carboxylic acids is 1. The molecule has 27 heavy (non-hydrogen) atoms. The first-order valence-corrected chi connectivity index (χ1v) is 9.45. The molecule has 0 spiro atoms. The van der Waals surface area contributed by atoms with Crippen molar-refractivity contribution in [2.24, 2.45) is 5.73 Å². The van der Waals surface area contributed by atoms with Gasteiger partial charge in [0.25, 0.3) is 15.9 Å². The van der Waals surface area contributed by atoms with Crippen LogP contribution in [0.2, 0.25) is 0 Å². The van der Waals surface area contributed by atoms with E-state index in [4.69, 9.17) is 10.5 Å². The molecule has 0 bridgehead atoms. The second kappa shape index (κ2) is 9.07. The van der Waals surface area contributed by atoms with Gasteiger partial charge in [0.2, 0.25) is 0 Å². The van der Waals surface area contributed by atoms with Crippen LogP contribution in [-0.2, 0) is 10.0 Å². The third-order valence-corrected chi connectivity index (χ3v) is 5.13. The zero-order chi connectivity index (χ0) is 19.4. The monoisotopic (exact) mass is 413 g/mol. The Morgan fingerprint density at radius 3 is 2.11 bits per heavy atom. The van der Waals surface area contributed by atoms with Gasteiger partial charge in [0.1, 0.15) is 5.75 Å². The van der Waals surface area contributed by atoms with Crippen LogP contribution in [0.5, 0.6) is 5.75 Å². The van der Waals surface area contributed by atoms with Gasteiger partial charge in [0, 0.05) is 23.3 Å². The summed E-state index contributed by atoms with van der Waals surface area (Å²) in [6.45, 7) is 3.90. The van der Waals surface area contributed by atoms with Gasteiger partial charge in [-0.2, -0.15) is 0 Å². The van der Waals surface area contributed by atoms with E-state index in [0.29, 0.717) is 17.0 Å². The number of nitrogens with one attached hydrogen (secondary N) is 2. The van der Waals surface area contributed by atoms with Crippen molar-refractivity contribution in [3.05, 3.63) is 54.1 Å². The summed E-state index contributed by atoms with van der Waals surface area (Å²) in [5, 5.41) is 2.79. The number of anilines is 1. The van der Waals surface area contributed by atoms with Gasteiger partial charge in [-0.25, -0.2) is 8.42 Å². The zero-order valence-corrected chi connectivity index (χ0v) is 17.0. The largest absolute Gasteiger partial charge is 0.497 e. The molecule has 2 rings (SSSR count). The average molecular weight is 414 g/mol. The number of amides is 1. The minimum atomic E-state index is -3.76. The number of sulfonamides is 1. The molecule has 2 aromatic rings. The lowest BCUT2D eigenvalue weighted by atomic mass is 10.1. The summed E-state index contributed by atoms with van der Waals surface area (Å²) in [5.74, 6) is 0.316. The summed E-state index contributed by atoms with van der Waals surface area (Å²) >= 11 is 0. The van der Waals surface area contributed by atoms with Gasteiger partial charge in [-0.15, -0.1) is 12.4 Å². The standard InChI is InChI=1S/C18H23N3O4S.ClH/c1-18(2,12-19)20-17(22)13-4-10-16(11-5-13)26(23,24)21-14-6-8-15(25-3)9-7-14;/h4-11,21H,12,19H2,1-3H3,(H,20,22);1H. The summed E-state index contributed by atoms with van der Waals surface area (Å²) in [7, 11) is -2.22. The van der Waals surface area contributed by atoms with Crippen molar-refractivity contribution < 1.29 is 17.9 Å². The van der Waals surface area contributed by atoms with Gasteiger partial charge in [-0.3, -0.25) is 9.52 Å². The molecule has 0 saturated carbocycles. The highest BCUT2D eigenvalue weighted by molar-refractivity contribution is 7.92. The van der Waals surface area contributed by atoms with E-state index in [1.807, 2.05) is 13.8 Å². The Bertz CT molecular complexity index is 866. The molecular weight excluding hydrogens is 390 g/mol. The molecule has 0 aliphatic rings. The van der Waals surface area contributed by atoms with E-state index in [2.05, 4.69) is 10.0 Å². The van der Waals surface area contributed by atoms with Crippen molar-refractivity contribution in [3.63, 3.8) is 0 Å². The van der Waals surface area contributed by atoms with Gasteiger partial charge in [0.15, 0.2) is 0 Å². The first-order chi connectivity index (χ1) is 12.2. The number of rotatable bonds is 7. The van der Waals surface area contributed by atoms with Crippen molar-refractivity contribution in [2.45, 2.75) is 24.3 Å². The Hall–Kier alpha value is -2.29. The lowest BCUT2D eigenvalue weighted by Crippen LogP contribution is -2.48. The minimum Gasteiger partial charge on any atom is -0.497 e. The second-order valence-corrected chi connectivity index (χ2v) is 8.08. The number of nitrogens with two attached hydrogens (primary N) is 1. The van der Waals surface area contributed by atoms with Crippen molar-refractivity contribution in [1.29, 1.82) is 0 Å². The number of hydrogen-bond donors (Lipinski definition) is 3. The van der Waals surface area contributed by atoms with Crippen molar-refractivity contribution >= 4 is 34.0 Å². The van der Waals surface area contributed by atoms with E-state index in [9.17, 15) is 13.2 Å². The Labute approximate surface area is 165 Å². The Morgan fingerprint density at radius 1 is 1.07 bits per heavy atom. The van der Waals surface area contributed by atoms with E-state index in [-0.39, 0.29) is 29.8 Å². The van der Waals surface area contributed by atoms with Crippen LogP contribution in [0.25, 0.3) is 0 Å². The third-order valence-electron chi connectivity index (χ3n) is 3.73. The molecule has 0 heterocycles. The first kappa shape index (κ1) is 22.8. The van der Waals surface area contributed by atoms with Crippen LogP contribution in [0.1, 0.15) is 24.2 Å². The Kier molecular flexibility index (Phi) is 7.65. The molecule has 1 amide bonds. The van der Waals surface area contributed by atoms with Gasteiger partial charge in [-0.1, -0.05) is 0 Å². The van der Waals surface area contributed by atoms with E-state index in [1.54, 1.807) is 24.3 Å². The van der Waals surface area contributed by atoms with E-state index >= 15 is 0 Å². The fourth-order valence-electron chi connectivity index (χ4n) is 2.09. The summed E-state index contributed by atoms with van der Waals surface area (Å²) in [6, 6.07) is 12.2. The Morgan fingerprint density at radius 2 is 1.63 bits per heavy atom. The van der Waals surface area contributed by atoms with E-state index in [1.165, 1.54) is 31.4 Å². The molecule has 0 aromatic heterocycles. The minimum absolute atomic E-state index is 0. The fraction of sp³-hybridized carbons (Fsp3) is 0.278. The lowest BCUT2D eigenvalue weighted by Gasteiger charge is -2.24. The number of ether oxygens (including phenoxy) is 1. The van der Waals surface area contributed by atoms with Crippen LogP contribution in [0.4, 0.5) is 5.69 Å². The second-order valence-electron chi connectivity index (χ2n) is 6.40. The molecule has 0 aliphatic heterocycles. The fourth-order valence-corrected chi connectivity index (χ4v) is 3.15. The zero-order valence-electron chi connectivity index (χ0n) is 15.4. The molecular formula is C18H24ClN3O4S. The molecule has 4 N–H and O–H groups in total. The molecule has 2 aromatic carbocycles. The number of carbonyl (C=O) groups is 1. The smallest absolute Gasteiger partial charge is 0.261 e. The predicted molar refractivity (Wildman–Crippen MR) is 108 cm³/mol. The summed E-state index contributed by atoms with van der Waals surface area (Å²) in [4.78, 5) is 12.2. The molecule has 0 saturated heterocycles. The summed E-state index contributed by atoms with van der Waals surface area (Å²) < 4.78 is 32.4. The molecule has 0 fully saturated rings. The van der Waals surface area contributed by atoms with Gasteiger partial charge < -0.3 is 15.8 Å². The number of hydrogen-bond acceptors (Lipinski definition) is 5. The quantitative estimate of drug-likeness (QED) is 0.645. The maximum absolute atomic E-state index is 12.5. The first-order valence-electron chi connectivity index (χ1n) is 7.96. The SMILES string of the molecule is COc1ccc(NS(=O)(=O)c2ccc(C(=O)NC(C)(C)CN)cc2)cc1.Cl. The molecule has 0 atom stereocenters. The van der Waals surface area contributed by atoms with Crippen LogP contribution < -0.4 is 20.5 Å². The van der Waals surface area contributed by atoms with Crippen LogP contribution in [0, 0.1) is 0 Å². The van der Waals surface area contributed by atoms with Crippen molar-refractivity contribution in [1.82, 2.24) is 5.32 Å². The maximum atomic E-state index is 12.5. The van der Waals surface area contributed by atoms with Crippen LogP contribution in [-0.4, -0.2) is 33.5 Å². The van der Waals surface area contributed by atoms with Gasteiger partial charge in [-0.05, 0) is 62.4 Å².